The summed E-state index contributed by atoms with van der Waals surface area (Å²) in [5, 5.41) is 3.72. The topological polar surface area (TPSA) is 55.4 Å². The molecule has 0 spiro atoms. The Hall–Kier alpha value is -1.85. The number of hydrogen-bond donors (Lipinski definition) is 1. The summed E-state index contributed by atoms with van der Waals surface area (Å²) in [6, 6.07) is 15.4. The lowest BCUT2D eigenvalue weighted by Gasteiger charge is -2.29. The van der Waals surface area contributed by atoms with Crippen LogP contribution in [-0.2, 0) is 16.3 Å². The van der Waals surface area contributed by atoms with Crippen molar-refractivity contribution in [1.82, 2.24) is 5.32 Å². The second-order valence-electron chi connectivity index (χ2n) is 7.50. The molecule has 0 aromatic heterocycles. The molecule has 5 heteroatoms. The Labute approximate surface area is 155 Å². The first-order valence-electron chi connectivity index (χ1n) is 9.29. The molecule has 0 amide bonds. The zero-order chi connectivity index (χ0) is 18.1. The van der Waals surface area contributed by atoms with Gasteiger partial charge >= 0.3 is 0 Å². The zero-order valence-corrected chi connectivity index (χ0v) is 15.8. The van der Waals surface area contributed by atoms with Gasteiger partial charge < -0.3 is 10.1 Å². The highest BCUT2D eigenvalue weighted by molar-refractivity contribution is 7.90. The molecule has 0 saturated heterocycles. The summed E-state index contributed by atoms with van der Waals surface area (Å²) < 4.78 is 29.6. The third-order valence-corrected chi connectivity index (χ3v) is 6.70. The number of hydrogen-bond acceptors (Lipinski definition) is 4. The number of fused-ring (bicyclic) bond motifs is 1. The van der Waals surface area contributed by atoms with Gasteiger partial charge in [-0.1, -0.05) is 30.7 Å². The fraction of sp³-hybridized carbons (Fsp3) is 0.429. The molecule has 1 fully saturated rings. The molecule has 0 aliphatic heterocycles. The van der Waals surface area contributed by atoms with Crippen molar-refractivity contribution in [2.24, 2.45) is 5.92 Å². The van der Waals surface area contributed by atoms with E-state index in [1.54, 1.807) is 24.3 Å². The molecular formula is C21H25NO3S. The first kappa shape index (κ1) is 17.6. The highest BCUT2D eigenvalue weighted by Crippen LogP contribution is 2.36. The van der Waals surface area contributed by atoms with Crippen LogP contribution < -0.4 is 10.1 Å². The van der Waals surface area contributed by atoms with Gasteiger partial charge in [-0.25, -0.2) is 8.42 Å². The average molecular weight is 372 g/mol. The van der Waals surface area contributed by atoms with E-state index < -0.39 is 9.84 Å². The third kappa shape index (κ3) is 3.64. The van der Waals surface area contributed by atoms with Crippen LogP contribution in [0.1, 0.15) is 36.5 Å². The summed E-state index contributed by atoms with van der Waals surface area (Å²) >= 11 is 0. The van der Waals surface area contributed by atoms with Gasteiger partial charge in [0.15, 0.2) is 9.84 Å². The molecule has 4 rings (SSSR count). The van der Waals surface area contributed by atoms with Crippen LogP contribution >= 0.6 is 0 Å². The largest absolute Gasteiger partial charge is 0.484 e. The van der Waals surface area contributed by atoms with Gasteiger partial charge in [-0.2, -0.15) is 0 Å². The quantitative estimate of drug-likeness (QED) is 0.844. The Morgan fingerprint density at radius 2 is 1.81 bits per heavy atom. The molecule has 1 N–H and O–H groups in total. The summed E-state index contributed by atoms with van der Waals surface area (Å²) in [5.74, 6) is 1.50. The summed E-state index contributed by atoms with van der Waals surface area (Å²) in [6.45, 7) is 1.05. The maximum absolute atomic E-state index is 11.6. The fourth-order valence-corrected chi connectivity index (χ4v) is 4.44. The van der Waals surface area contributed by atoms with Crippen LogP contribution in [0, 0.1) is 5.92 Å². The molecule has 1 saturated carbocycles. The van der Waals surface area contributed by atoms with Crippen molar-refractivity contribution in [3.63, 3.8) is 0 Å². The van der Waals surface area contributed by atoms with Gasteiger partial charge in [0, 0.05) is 6.26 Å². The number of benzene rings is 2. The van der Waals surface area contributed by atoms with Crippen LogP contribution in [0.4, 0.5) is 0 Å². The van der Waals surface area contributed by atoms with Gasteiger partial charge in [0.1, 0.15) is 11.9 Å². The molecular weight excluding hydrogens is 346 g/mol. The van der Waals surface area contributed by atoms with Crippen LogP contribution in [0.15, 0.2) is 53.4 Å². The van der Waals surface area contributed by atoms with Gasteiger partial charge in [-0.3, -0.25) is 0 Å². The highest BCUT2D eigenvalue weighted by atomic mass is 32.2. The first-order valence-corrected chi connectivity index (χ1v) is 11.2. The molecule has 0 bridgehead atoms. The smallest absolute Gasteiger partial charge is 0.175 e. The van der Waals surface area contributed by atoms with Gasteiger partial charge in [0.25, 0.3) is 0 Å². The molecule has 2 aromatic carbocycles. The Kier molecular flexibility index (Phi) is 4.76. The Bertz CT molecular complexity index is 872. The van der Waals surface area contributed by atoms with Crippen LogP contribution in [0.2, 0.25) is 0 Å². The molecule has 2 aliphatic rings. The SMILES string of the molecule is CS(=O)(=O)c1ccc(O[C@@H]2c3ccccc3C[C@H]2NCC2CCC2)cc1. The molecule has 2 aromatic rings. The molecule has 26 heavy (non-hydrogen) atoms. The lowest BCUT2D eigenvalue weighted by atomic mass is 9.85. The van der Waals surface area contributed by atoms with Gasteiger partial charge in [0.05, 0.1) is 10.9 Å². The minimum absolute atomic E-state index is 0.0460. The fourth-order valence-electron chi connectivity index (χ4n) is 3.81. The van der Waals surface area contributed by atoms with Crippen LogP contribution in [0.25, 0.3) is 0 Å². The van der Waals surface area contributed by atoms with E-state index in [0.717, 1.165) is 18.9 Å². The Balaban J connectivity index is 1.52. The normalized spacial score (nSPS) is 22.7. The van der Waals surface area contributed by atoms with E-state index in [1.807, 2.05) is 0 Å². The van der Waals surface area contributed by atoms with E-state index in [9.17, 15) is 8.42 Å². The second kappa shape index (κ2) is 7.05. The highest BCUT2D eigenvalue weighted by Gasteiger charge is 2.34. The lowest BCUT2D eigenvalue weighted by Crippen LogP contribution is -2.39. The maximum atomic E-state index is 11.6. The summed E-state index contributed by atoms with van der Waals surface area (Å²) in [7, 11) is -3.19. The van der Waals surface area contributed by atoms with Crippen molar-refractivity contribution in [2.45, 2.75) is 42.7 Å². The molecule has 2 aliphatic carbocycles. The summed E-state index contributed by atoms with van der Waals surface area (Å²) in [4.78, 5) is 0.316. The van der Waals surface area contributed by atoms with Crippen molar-refractivity contribution in [3.8, 4) is 5.75 Å². The second-order valence-corrected chi connectivity index (χ2v) is 9.51. The number of nitrogens with one attached hydrogen (secondary N) is 1. The number of ether oxygens (including phenoxy) is 1. The predicted octanol–water partition coefficient (Wildman–Crippen LogP) is 3.52. The lowest BCUT2D eigenvalue weighted by molar-refractivity contribution is 0.158. The summed E-state index contributed by atoms with van der Waals surface area (Å²) in [5.41, 5.74) is 2.56. The van der Waals surface area contributed by atoms with Crippen LogP contribution in [-0.4, -0.2) is 27.3 Å². The average Bonchev–Trinajstić information content (AvgIpc) is 2.91. The van der Waals surface area contributed by atoms with Gasteiger partial charge in [-0.05, 0) is 67.1 Å². The Morgan fingerprint density at radius 3 is 2.46 bits per heavy atom. The maximum Gasteiger partial charge on any atom is 0.175 e. The van der Waals surface area contributed by atoms with Crippen molar-refractivity contribution in [2.75, 3.05) is 12.8 Å². The molecule has 138 valence electrons. The zero-order valence-electron chi connectivity index (χ0n) is 15.0. The third-order valence-electron chi connectivity index (χ3n) is 5.58. The van der Waals surface area contributed by atoms with Crippen molar-refractivity contribution < 1.29 is 13.2 Å². The van der Waals surface area contributed by atoms with E-state index in [-0.39, 0.29) is 12.1 Å². The molecule has 4 nitrogen and oxygen atoms in total. The van der Waals surface area contributed by atoms with Gasteiger partial charge in [-0.15, -0.1) is 0 Å². The van der Waals surface area contributed by atoms with Crippen molar-refractivity contribution in [3.05, 3.63) is 59.7 Å². The van der Waals surface area contributed by atoms with E-state index >= 15 is 0 Å². The predicted molar refractivity (Wildman–Crippen MR) is 102 cm³/mol. The van der Waals surface area contributed by atoms with Crippen molar-refractivity contribution >= 4 is 9.84 Å². The molecule has 0 radical (unpaired) electrons. The van der Waals surface area contributed by atoms with Crippen LogP contribution in [0.3, 0.4) is 0 Å². The minimum atomic E-state index is -3.19. The van der Waals surface area contributed by atoms with E-state index in [1.165, 1.54) is 36.6 Å². The number of sulfone groups is 1. The summed E-state index contributed by atoms with van der Waals surface area (Å²) in [6.07, 6.45) is 6.14. The molecule has 0 heterocycles. The van der Waals surface area contributed by atoms with E-state index in [2.05, 4.69) is 29.6 Å². The van der Waals surface area contributed by atoms with Crippen LogP contribution in [0.5, 0.6) is 5.75 Å². The first-order chi connectivity index (χ1) is 12.5. The van der Waals surface area contributed by atoms with E-state index in [0.29, 0.717) is 10.6 Å². The standard InChI is InChI=1S/C21H25NO3S/c1-26(23,24)18-11-9-17(10-12-18)25-21-19-8-3-2-7-16(19)13-20(21)22-14-15-5-4-6-15/h2-3,7-12,15,20-22H,4-6,13-14H2,1H3/t20-,21-/m1/s1. The molecule has 0 unspecified atom stereocenters. The molecule has 2 atom stereocenters. The number of rotatable bonds is 6. The Morgan fingerprint density at radius 1 is 1.08 bits per heavy atom. The van der Waals surface area contributed by atoms with Gasteiger partial charge in [0.2, 0.25) is 0 Å². The van der Waals surface area contributed by atoms with E-state index in [4.69, 9.17) is 4.74 Å². The monoisotopic (exact) mass is 371 g/mol. The minimum Gasteiger partial charge on any atom is -0.484 e. The van der Waals surface area contributed by atoms with Crippen molar-refractivity contribution in [1.29, 1.82) is 0 Å².